The molecule has 2 nitrogen and oxygen atoms in total. The molecule has 0 aromatic rings. The van der Waals surface area contributed by atoms with Crippen molar-refractivity contribution in [3.8, 4) is 0 Å². The molecule has 0 aliphatic heterocycles. The van der Waals surface area contributed by atoms with Gasteiger partial charge >= 0.3 is 5.97 Å². The van der Waals surface area contributed by atoms with Gasteiger partial charge in [-0.05, 0) is 6.92 Å². The Bertz CT molecular complexity index is 59.9. The average molecular weight is 132 g/mol. The Morgan fingerprint density at radius 2 is 1.67 bits per heavy atom. The van der Waals surface area contributed by atoms with E-state index in [0.29, 0.717) is 6.61 Å². The number of esters is 1. The molecule has 0 aliphatic carbocycles. The minimum atomic E-state index is -0.211. The zero-order chi connectivity index (χ0) is 7.70. The van der Waals surface area contributed by atoms with E-state index in [0.717, 1.165) is 0 Å². The normalized spacial score (nSPS) is 7.11. The summed E-state index contributed by atoms with van der Waals surface area (Å²) in [7, 11) is 0. The molecular formula is C7H16O2. The van der Waals surface area contributed by atoms with Crippen LogP contribution >= 0.6 is 0 Å². The van der Waals surface area contributed by atoms with Gasteiger partial charge in [-0.25, -0.2) is 0 Å². The summed E-state index contributed by atoms with van der Waals surface area (Å²) in [5, 5.41) is 0. The molecule has 0 saturated heterocycles. The molecule has 0 rings (SSSR count). The van der Waals surface area contributed by atoms with Crippen LogP contribution in [0.1, 0.15) is 34.1 Å². The first-order chi connectivity index (χ1) is 4.18. The number of hydrogen-bond acceptors (Lipinski definition) is 2. The fraction of sp³-hybridized carbons (Fsp3) is 0.857. The number of hydrogen-bond donors (Lipinski definition) is 0. The Balaban J connectivity index is 0. The minimum Gasteiger partial charge on any atom is -0.466 e. The van der Waals surface area contributed by atoms with Gasteiger partial charge < -0.3 is 4.74 Å². The smallest absolute Gasteiger partial charge is 0.302 e. The lowest BCUT2D eigenvalue weighted by Crippen LogP contribution is -1.95. The van der Waals surface area contributed by atoms with Gasteiger partial charge in [0.1, 0.15) is 0 Å². The van der Waals surface area contributed by atoms with Crippen LogP contribution in [0.25, 0.3) is 0 Å². The lowest BCUT2D eigenvalue weighted by molar-refractivity contribution is -0.140. The van der Waals surface area contributed by atoms with Crippen LogP contribution in [-0.4, -0.2) is 12.6 Å². The Morgan fingerprint density at radius 1 is 1.33 bits per heavy atom. The van der Waals surface area contributed by atoms with E-state index in [1.807, 2.05) is 0 Å². The summed E-state index contributed by atoms with van der Waals surface area (Å²) in [5.41, 5.74) is 0. The summed E-state index contributed by atoms with van der Waals surface area (Å²) in [6.07, 6.45) is 1.25. The Labute approximate surface area is 57.2 Å². The van der Waals surface area contributed by atoms with Gasteiger partial charge in [-0.3, -0.25) is 4.79 Å². The Hall–Kier alpha value is -0.530. The minimum absolute atomic E-state index is 0.211. The molecule has 0 atom stereocenters. The van der Waals surface area contributed by atoms with Crippen LogP contribution in [0.3, 0.4) is 0 Å². The third-order valence-electron chi connectivity index (χ3n) is 0.348. The molecule has 0 unspecified atom stereocenters. The van der Waals surface area contributed by atoms with Crippen molar-refractivity contribution in [3.05, 3.63) is 0 Å². The number of rotatable bonds is 1. The average Bonchev–Trinajstić information content (AvgIpc) is 1.67. The van der Waals surface area contributed by atoms with Crippen LogP contribution in [0.5, 0.6) is 0 Å². The van der Waals surface area contributed by atoms with Gasteiger partial charge in [0, 0.05) is 6.92 Å². The fourth-order valence-electron chi connectivity index (χ4n) is 0.203. The third-order valence-corrected chi connectivity index (χ3v) is 0.348. The van der Waals surface area contributed by atoms with Crippen molar-refractivity contribution < 1.29 is 9.53 Å². The molecule has 0 saturated carbocycles. The highest BCUT2D eigenvalue weighted by molar-refractivity contribution is 5.65. The molecule has 9 heavy (non-hydrogen) atoms. The highest BCUT2D eigenvalue weighted by atomic mass is 16.5. The predicted molar refractivity (Wildman–Crippen MR) is 38.3 cm³/mol. The van der Waals surface area contributed by atoms with Crippen molar-refractivity contribution in [1.82, 2.24) is 0 Å². The summed E-state index contributed by atoms with van der Waals surface area (Å²) in [5.74, 6) is -0.211. The van der Waals surface area contributed by atoms with Crippen LogP contribution in [0.15, 0.2) is 0 Å². The maximum absolute atomic E-state index is 9.82. The van der Waals surface area contributed by atoms with Crippen molar-refractivity contribution in [2.24, 2.45) is 0 Å². The van der Waals surface area contributed by atoms with E-state index >= 15 is 0 Å². The fourth-order valence-corrected chi connectivity index (χ4v) is 0.203. The molecule has 56 valence electrons. The van der Waals surface area contributed by atoms with Crippen LogP contribution < -0.4 is 0 Å². The highest BCUT2D eigenvalue weighted by Crippen LogP contribution is 1.69. The SMILES string of the molecule is CCC.CCOC(C)=O. The van der Waals surface area contributed by atoms with E-state index in [1.165, 1.54) is 13.3 Å². The molecule has 0 radical (unpaired) electrons. The van der Waals surface area contributed by atoms with Crippen molar-refractivity contribution in [2.75, 3.05) is 6.61 Å². The topological polar surface area (TPSA) is 26.3 Å². The van der Waals surface area contributed by atoms with E-state index in [-0.39, 0.29) is 5.97 Å². The second-order valence-electron chi connectivity index (χ2n) is 1.63. The number of ether oxygens (including phenoxy) is 1. The van der Waals surface area contributed by atoms with E-state index in [4.69, 9.17) is 0 Å². The highest BCUT2D eigenvalue weighted by Gasteiger charge is 1.81. The molecule has 0 aromatic heterocycles. The molecule has 0 heterocycles. The second kappa shape index (κ2) is 10.5. The number of carbonyl (C=O) groups is 1. The molecule has 0 fully saturated rings. The van der Waals surface area contributed by atoms with Crippen molar-refractivity contribution in [2.45, 2.75) is 34.1 Å². The lowest BCUT2D eigenvalue weighted by Gasteiger charge is -1.89. The van der Waals surface area contributed by atoms with Gasteiger partial charge in [-0.1, -0.05) is 20.3 Å². The first kappa shape index (κ1) is 11.3. The molecule has 0 spiro atoms. The van der Waals surface area contributed by atoms with Crippen LogP contribution in [-0.2, 0) is 9.53 Å². The van der Waals surface area contributed by atoms with Crippen molar-refractivity contribution >= 4 is 5.97 Å². The van der Waals surface area contributed by atoms with Crippen LogP contribution in [0, 0.1) is 0 Å². The standard InChI is InChI=1S/C4H8O2.C3H8/c1-3-6-4(2)5;1-3-2/h3H2,1-2H3;3H2,1-2H3. The largest absolute Gasteiger partial charge is 0.466 e. The Morgan fingerprint density at radius 3 is 1.67 bits per heavy atom. The summed E-state index contributed by atoms with van der Waals surface area (Å²) in [6.45, 7) is 7.90. The van der Waals surface area contributed by atoms with Crippen LogP contribution in [0.4, 0.5) is 0 Å². The van der Waals surface area contributed by atoms with Gasteiger partial charge in [0.25, 0.3) is 0 Å². The predicted octanol–water partition coefficient (Wildman–Crippen LogP) is 1.99. The van der Waals surface area contributed by atoms with Gasteiger partial charge in [0.15, 0.2) is 0 Å². The summed E-state index contributed by atoms with van der Waals surface area (Å²) >= 11 is 0. The molecule has 0 aromatic carbocycles. The first-order valence-corrected chi connectivity index (χ1v) is 3.32. The molecular weight excluding hydrogens is 116 g/mol. The van der Waals surface area contributed by atoms with Gasteiger partial charge in [-0.15, -0.1) is 0 Å². The molecule has 0 N–H and O–H groups in total. The zero-order valence-corrected chi connectivity index (χ0v) is 6.73. The zero-order valence-electron chi connectivity index (χ0n) is 6.73. The van der Waals surface area contributed by atoms with Crippen molar-refractivity contribution in [3.63, 3.8) is 0 Å². The molecule has 0 aliphatic rings. The van der Waals surface area contributed by atoms with E-state index in [9.17, 15) is 4.79 Å². The third kappa shape index (κ3) is 36.6. The maximum Gasteiger partial charge on any atom is 0.302 e. The van der Waals surface area contributed by atoms with E-state index in [2.05, 4.69) is 18.6 Å². The lowest BCUT2D eigenvalue weighted by atomic mass is 10.6. The van der Waals surface area contributed by atoms with Gasteiger partial charge in [0.2, 0.25) is 0 Å². The van der Waals surface area contributed by atoms with E-state index in [1.54, 1.807) is 6.92 Å². The molecule has 0 amide bonds. The maximum atomic E-state index is 9.82. The molecule has 0 bridgehead atoms. The van der Waals surface area contributed by atoms with Gasteiger partial charge in [-0.2, -0.15) is 0 Å². The summed E-state index contributed by atoms with van der Waals surface area (Å²) in [4.78, 5) is 9.82. The van der Waals surface area contributed by atoms with E-state index < -0.39 is 0 Å². The molecule has 2 heteroatoms. The van der Waals surface area contributed by atoms with Crippen LogP contribution in [0.2, 0.25) is 0 Å². The Kier molecular flexibility index (Phi) is 13.1. The van der Waals surface area contributed by atoms with Crippen molar-refractivity contribution in [1.29, 1.82) is 0 Å². The first-order valence-electron chi connectivity index (χ1n) is 3.32. The quantitative estimate of drug-likeness (QED) is 0.510. The monoisotopic (exact) mass is 132 g/mol. The number of carbonyl (C=O) groups excluding carboxylic acids is 1. The summed E-state index contributed by atoms with van der Waals surface area (Å²) < 4.78 is 4.40. The summed E-state index contributed by atoms with van der Waals surface area (Å²) in [6, 6.07) is 0. The van der Waals surface area contributed by atoms with Gasteiger partial charge in [0.05, 0.1) is 6.61 Å². The second-order valence-corrected chi connectivity index (χ2v) is 1.63.